The molecule has 0 spiro atoms. The highest BCUT2D eigenvalue weighted by atomic mass is 28.3. The minimum atomic E-state index is -1.08. The first-order valence-electron chi connectivity index (χ1n) is 3.23. The molecule has 1 aliphatic carbocycles. The van der Waals surface area contributed by atoms with E-state index in [0.717, 1.165) is 6.29 Å². The van der Waals surface area contributed by atoms with E-state index in [2.05, 4.69) is 25.7 Å². The number of aldehydes is 1. The summed E-state index contributed by atoms with van der Waals surface area (Å²) in [6.07, 6.45) is 3.12. The molecule has 0 aromatic heterocycles. The van der Waals surface area contributed by atoms with Crippen LogP contribution in [-0.2, 0) is 4.79 Å². The molecule has 50 valence electrons. The Bertz CT molecular complexity index is 164. The van der Waals surface area contributed by atoms with Gasteiger partial charge in [0.1, 0.15) is 6.29 Å². The van der Waals surface area contributed by atoms with E-state index >= 15 is 0 Å². The van der Waals surface area contributed by atoms with Crippen LogP contribution in [-0.4, -0.2) is 14.4 Å². The minimum Gasteiger partial charge on any atom is -0.302 e. The molecule has 1 rings (SSSR count). The summed E-state index contributed by atoms with van der Waals surface area (Å²) in [4.78, 5) is 10.2. The standard InChI is InChI=1S/C7H12OSi/c1-9(2,3)7-4-6(7)5-8/h4-6H,1-3H3. The topological polar surface area (TPSA) is 17.1 Å². The van der Waals surface area contributed by atoms with Gasteiger partial charge in [0.25, 0.3) is 0 Å². The third kappa shape index (κ3) is 1.30. The van der Waals surface area contributed by atoms with Gasteiger partial charge in [-0.3, -0.25) is 0 Å². The molecule has 0 saturated heterocycles. The molecule has 0 heterocycles. The number of rotatable bonds is 2. The molecule has 1 nitrogen and oxygen atoms in total. The fraction of sp³-hybridized carbons (Fsp3) is 0.571. The molecule has 0 bridgehead atoms. The first-order chi connectivity index (χ1) is 4.05. The van der Waals surface area contributed by atoms with Crippen LogP contribution in [0.5, 0.6) is 0 Å². The lowest BCUT2D eigenvalue weighted by molar-refractivity contribution is -0.108. The van der Waals surface area contributed by atoms with Crippen LogP contribution in [0.1, 0.15) is 0 Å². The Labute approximate surface area is 56.8 Å². The highest BCUT2D eigenvalue weighted by Crippen LogP contribution is 2.34. The molecule has 2 heteroatoms. The van der Waals surface area contributed by atoms with Crippen LogP contribution in [0.3, 0.4) is 0 Å². The maximum absolute atomic E-state index is 10.2. The van der Waals surface area contributed by atoms with Crippen molar-refractivity contribution in [1.29, 1.82) is 0 Å². The van der Waals surface area contributed by atoms with Crippen LogP contribution < -0.4 is 0 Å². The second-order valence-electron chi connectivity index (χ2n) is 3.53. The Morgan fingerprint density at radius 1 is 1.56 bits per heavy atom. The number of allylic oxidation sites excluding steroid dienone is 2. The molecule has 0 saturated carbocycles. The van der Waals surface area contributed by atoms with Gasteiger partial charge in [0.15, 0.2) is 0 Å². The molecular formula is C7H12OSi. The molecular weight excluding hydrogens is 128 g/mol. The third-order valence-electron chi connectivity index (χ3n) is 1.62. The van der Waals surface area contributed by atoms with Crippen LogP contribution in [0.25, 0.3) is 0 Å². The van der Waals surface area contributed by atoms with E-state index in [4.69, 9.17) is 0 Å². The summed E-state index contributed by atoms with van der Waals surface area (Å²) in [5.41, 5.74) is 0. The van der Waals surface area contributed by atoms with Gasteiger partial charge in [-0.1, -0.05) is 30.9 Å². The van der Waals surface area contributed by atoms with E-state index in [9.17, 15) is 4.79 Å². The zero-order valence-electron chi connectivity index (χ0n) is 6.14. The second kappa shape index (κ2) is 1.80. The van der Waals surface area contributed by atoms with Gasteiger partial charge in [-0.2, -0.15) is 0 Å². The second-order valence-corrected chi connectivity index (χ2v) is 8.61. The summed E-state index contributed by atoms with van der Waals surface area (Å²) in [7, 11) is -1.08. The fourth-order valence-electron chi connectivity index (χ4n) is 1.01. The molecule has 0 aromatic rings. The lowest BCUT2D eigenvalue weighted by atomic mass is 10.4. The van der Waals surface area contributed by atoms with E-state index in [0.29, 0.717) is 0 Å². The zero-order valence-corrected chi connectivity index (χ0v) is 7.14. The summed E-state index contributed by atoms with van der Waals surface area (Å²) in [5, 5.41) is 1.43. The highest BCUT2D eigenvalue weighted by Gasteiger charge is 2.34. The van der Waals surface area contributed by atoms with Crippen molar-refractivity contribution >= 4 is 14.4 Å². The van der Waals surface area contributed by atoms with E-state index in [1.165, 1.54) is 5.20 Å². The Balaban J connectivity index is 2.51. The maximum atomic E-state index is 10.2. The maximum Gasteiger partial charge on any atom is 0.130 e. The van der Waals surface area contributed by atoms with Crippen molar-refractivity contribution in [2.75, 3.05) is 0 Å². The van der Waals surface area contributed by atoms with Crippen molar-refractivity contribution < 1.29 is 4.79 Å². The predicted octanol–water partition coefficient (Wildman–Crippen LogP) is 1.62. The molecule has 0 aliphatic heterocycles. The van der Waals surface area contributed by atoms with E-state index in [1.54, 1.807) is 0 Å². The number of hydrogen-bond donors (Lipinski definition) is 0. The molecule has 1 atom stereocenters. The lowest BCUT2D eigenvalue weighted by Crippen LogP contribution is -2.20. The van der Waals surface area contributed by atoms with Crippen LogP contribution in [0, 0.1) is 5.92 Å². The molecule has 9 heavy (non-hydrogen) atoms. The van der Waals surface area contributed by atoms with Crippen LogP contribution in [0.2, 0.25) is 19.6 Å². The van der Waals surface area contributed by atoms with Crippen LogP contribution >= 0.6 is 0 Å². The van der Waals surface area contributed by atoms with Gasteiger partial charge in [0.05, 0.1) is 14.0 Å². The lowest BCUT2D eigenvalue weighted by Gasteiger charge is -2.10. The molecule has 0 fully saturated rings. The molecule has 1 aliphatic rings. The van der Waals surface area contributed by atoms with Crippen molar-refractivity contribution in [2.45, 2.75) is 19.6 Å². The van der Waals surface area contributed by atoms with Gasteiger partial charge in [-0.05, 0) is 0 Å². The average molecular weight is 140 g/mol. The number of hydrogen-bond acceptors (Lipinski definition) is 1. The fourth-order valence-corrected chi connectivity index (χ4v) is 2.76. The average Bonchev–Trinajstić information content (AvgIpc) is 2.39. The smallest absolute Gasteiger partial charge is 0.130 e. The van der Waals surface area contributed by atoms with E-state index in [1.807, 2.05) is 0 Å². The third-order valence-corrected chi connectivity index (χ3v) is 3.85. The van der Waals surface area contributed by atoms with Crippen LogP contribution in [0.4, 0.5) is 0 Å². The number of carbonyl (C=O) groups excluding carboxylic acids is 1. The summed E-state index contributed by atoms with van der Waals surface area (Å²) < 4.78 is 0. The largest absolute Gasteiger partial charge is 0.302 e. The zero-order chi connectivity index (χ0) is 7.07. The number of carbonyl (C=O) groups is 1. The molecule has 0 N–H and O–H groups in total. The van der Waals surface area contributed by atoms with Gasteiger partial charge in [0, 0.05) is 0 Å². The molecule has 1 unspecified atom stereocenters. The van der Waals surface area contributed by atoms with Gasteiger partial charge >= 0.3 is 0 Å². The van der Waals surface area contributed by atoms with Crippen molar-refractivity contribution in [1.82, 2.24) is 0 Å². The van der Waals surface area contributed by atoms with Crippen molar-refractivity contribution in [3.8, 4) is 0 Å². The summed E-state index contributed by atoms with van der Waals surface area (Å²) in [6, 6.07) is 0. The normalized spacial score (nSPS) is 25.2. The highest BCUT2D eigenvalue weighted by molar-refractivity contribution is 6.84. The molecule has 0 radical (unpaired) electrons. The summed E-state index contributed by atoms with van der Waals surface area (Å²) in [5.74, 6) is 0.233. The van der Waals surface area contributed by atoms with Gasteiger partial charge in [0.2, 0.25) is 0 Å². The van der Waals surface area contributed by atoms with Crippen LogP contribution in [0.15, 0.2) is 11.3 Å². The van der Waals surface area contributed by atoms with E-state index in [-0.39, 0.29) is 5.92 Å². The minimum absolute atomic E-state index is 0.233. The monoisotopic (exact) mass is 140 g/mol. The SMILES string of the molecule is C[Si](C)(C)C1=CC1C=O. The molecule has 0 amide bonds. The van der Waals surface area contributed by atoms with Crippen molar-refractivity contribution in [3.63, 3.8) is 0 Å². The van der Waals surface area contributed by atoms with Crippen molar-refractivity contribution in [3.05, 3.63) is 11.3 Å². The Morgan fingerprint density at radius 3 is 2.22 bits per heavy atom. The predicted molar refractivity (Wildman–Crippen MR) is 41.0 cm³/mol. The quantitative estimate of drug-likeness (QED) is 0.421. The first kappa shape index (κ1) is 6.74. The van der Waals surface area contributed by atoms with Crippen molar-refractivity contribution in [2.24, 2.45) is 5.92 Å². The molecule has 0 aromatic carbocycles. The van der Waals surface area contributed by atoms with Gasteiger partial charge < -0.3 is 4.79 Å². The summed E-state index contributed by atoms with van der Waals surface area (Å²) in [6.45, 7) is 6.80. The van der Waals surface area contributed by atoms with Gasteiger partial charge in [-0.15, -0.1) is 0 Å². The van der Waals surface area contributed by atoms with Gasteiger partial charge in [-0.25, -0.2) is 0 Å². The Morgan fingerprint density at radius 2 is 2.11 bits per heavy atom. The first-order valence-corrected chi connectivity index (χ1v) is 6.73. The summed E-state index contributed by atoms with van der Waals surface area (Å²) >= 11 is 0. The Kier molecular flexibility index (Phi) is 1.35. The van der Waals surface area contributed by atoms with E-state index < -0.39 is 8.07 Å². The Hall–Kier alpha value is -0.373.